The van der Waals surface area contributed by atoms with Gasteiger partial charge in [0.15, 0.2) is 12.4 Å². The van der Waals surface area contributed by atoms with Gasteiger partial charge in [0, 0.05) is 28.4 Å². The van der Waals surface area contributed by atoms with E-state index in [-0.39, 0.29) is 24.7 Å². The maximum atomic E-state index is 14.4. The summed E-state index contributed by atoms with van der Waals surface area (Å²) in [6.07, 6.45) is 5.56. The molecule has 1 aliphatic carbocycles. The molecule has 0 spiro atoms. The van der Waals surface area contributed by atoms with Gasteiger partial charge in [-0.05, 0) is 49.6 Å². The van der Waals surface area contributed by atoms with Gasteiger partial charge in [-0.15, -0.1) is 0 Å². The van der Waals surface area contributed by atoms with Gasteiger partial charge in [-0.2, -0.15) is 9.61 Å². The summed E-state index contributed by atoms with van der Waals surface area (Å²) in [6.45, 7) is 5.23. The van der Waals surface area contributed by atoms with Crippen LogP contribution >= 0.6 is 11.6 Å². The lowest BCUT2D eigenvalue weighted by molar-refractivity contribution is -0.151. The number of nitrogens with one attached hydrogen (secondary N) is 2. The highest BCUT2D eigenvalue weighted by Crippen LogP contribution is 2.32. The fourth-order valence-corrected chi connectivity index (χ4v) is 4.00. The zero-order valence-electron chi connectivity index (χ0n) is 20.0. The standard InChI is InChI=1S/C25H25ClFN7O3/c1-13(28)25(36)37-12-33-14(2)15(8-23(33)35)7-16-11-29-34-22(30-18-4-5-18)10-21(32-24(16)34)31-20-9-17(26)3-6-19(20)27/h3,6-7,9-11,13,18,30H,2,4-5,8,12,28H2,1H3,(H,31,32)/b15-7+. The molecule has 1 saturated carbocycles. The zero-order chi connectivity index (χ0) is 26.3. The fourth-order valence-electron chi connectivity index (χ4n) is 3.83. The third-order valence-electron chi connectivity index (χ3n) is 6.00. The van der Waals surface area contributed by atoms with Gasteiger partial charge in [0.05, 0.1) is 18.3 Å². The van der Waals surface area contributed by atoms with E-state index in [1.807, 2.05) is 0 Å². The molecule has 1 atom stereocenters. The highest BCUT2D eigenvalue weighted by atomic mass is 35.5. The van der Waals surface area contributed by atoms with Crippen molar-refractivity contribution in [3.8, 4) is 0 Å². The van der Waals surface area contributed by atoms with Crippen LogP contribution in [0.4, 0.5) is 21.7 Å². The molecule has 3 aromatic rings. The fraction of sp³-hybridized carbons (Fsp3) is 0.280. The largest absolute Gasteiger partial charge is 0.443 e. The van der Waals surface area contributed by atoms with E-state index >= 15 is 0 Å². The third-order valence-corrected chi connectivity index (χ3v) is 6.23. The molecule has 12 heteroatoms. The number of amides is 1. The average molecular weight is 526 g/mol. The van der Waals surface area contributed by atoms with E-state index < -0.39 is 17.8 Å². The number of esters is 1. The van der Waals surface area contributed by atoms with Crippen LogP contribution in [0.15, 0.2) is 48.3 Å². The van der Waals surface area contributed by atoms with E-state index in [1.54, 1.807) is 22.9 Å². The number of anilines is 3. The molecule has 4 N–H and O–H groups in total. The second kappa shape index (κ2) is 9.83. The molecule has 3 heterocycles. The Morgan fingerprint density at radius 3 is 2.92 bits per heavy atom. The molecule has 1 aliphatic heterocycles. The molecule has 10 nitrogen and oxygen atoms in total. The van der Waals surface area contributed by atoms with Crippen molar-refractivity contribution >= 4 is 52.5 Å². The van der Waals surface area contributed by atoms with E-state index in [4.69, 9.17) is 22.1 Å². The molecule has 1 amide bonds. The van der Waals surface area contributed by atoms with Crippen molar-refractivity contribution in [2.45, 2.75) is 38.3 Å². The number of fused-ring (bicyclic) bond motifs is 1. The number of halogens is 2. The van der Waals surface area contributed by atoms with E-state index in [1.165, 1.54) is 30.0 Å². The van der Waals surface area contributed by atoms with Crippen LogP contribution in [0.25, 0.3) is 11.7 Å². The minimum absolute atomic E-state index is 0.0742. The Kier molecular flexibility index (Phi) is 6.57. The van der Waals surface area contributed by atoms with Crippen molar-refractivity contribution < 1.29 is 18.7 Å². The van der Waals surface area contributed by atoms with E-state index in [0.29, 0.717) is 45.2 Å². The van der Waals surface area contributed by atoms with Crippen LogP contribution in [0, 0.1) is 5.82 Å². The maximum absolute atomic E-state index is 14.4. The predicted octanol–water partition coefficient (Wildman–Crippen LogP) is 3.82. The van der Waals surface area contributed by atoms with Crippen LogP contribution in [0.5, 0.6) is 0 Å². The van der Waals surface area contributed by atoms with Crippen LogP contribution in [0.1, 0.15) is 31.7 Å². The highest BCUT2D eigenvalue weighted by molar-refractivity contribution is 6.30. The minimum Gasteiger partial charge on any atom is -0.443 e. The van der Waals surface area contributed by atoms with Crippen molar-refractivity contribution in [2.24, 2.45) is 5.73 Å². The number of hydrogen-bond acceptors (Lipinski definition) is 8. The number of hydrogen-bond donors (Lipinski definition) is 3. The molecule has 1 aromatic carbocycles. The lowest BCUT2D eigenvalue weighted by atomic mass is 10.1. The average Bonchev–Trinajstić information content (AvgIpc) is 3.52. The number of likely N-dealkylation sites (tertiary alicyclic amines) is 1. The molecule has 2 fully saturated rings. The predicted molar refractivity (Wildman–Crippen MR) is 138 cm³/mol. The molecule has 192 valence electrons. The molecule has 2 aromatic heterocycles. The van der Waals surface area contributed by atoms with Gasteiger partial charge in [-0.3, -0.25) is 14.5 Å². The Morgan fingerprint density at radius 1 is 1.41 bits per heavy atom. The van der Waals surface area contributed by atoms with Gasteiger partial charge >= 0.3 is 5.97 Å². The second-order valence-electron chi connectivity index (χ2n) is 9.03. The van der Waals surface area contributed by atoms with Crippen LogP contribution < -0.4 is 16.4 Å². The third kappa shape index (κ3) is 5.27. The normalized spacial score (nSPS) is 17.5. The molecular formula is C25H25ClFN7O3. The number of rotatable bonds is 8. The number of ether oxygens (including phenoxy) is 1. The molecule has 1 saturated heterocycles. The first-order valence-electron chi connectivity index (χ1n) is 11.7. The number of nitrogens with two attached hydrogens (primary N) is 1. The lowest BCUT2D eigenvalue weighted by Gasteiger charge is -2.17. The monoisotopic (exact) mass is 525 g/mol. The van der Waals surface area contributed by atoms with Crippen molar-refractivity contribution in [1.82, 2.24) is 19.5 Å². The summed E-state index contributed by atoms with van der Waals surface area (Å²) in [5.41, 5.74) is 7.87. The quantitative estimate of drug-likeness (QED) is 0.379. The van der Waals surface area contributed by atoms with Crippen molar-refractivity contribution in [3.63, 3.8) is 0 Å². The minimum atomic E-state index is -0.799. The number of carbonyl (C=O) groups excluding carboxylic acids is 2. The van der Waals surface area contributed by atoms with Crippen molar-refractivity contribution in [3.05, 3.63) is 64.7 Å². The van der Waals surface area contributed by atoms with Gasteiger partial charge in [-0.25, -0.2) is 9.37 Å². The number of aromatic nitrogens is 3. The van der Waals surface area contributed by atoms with Crippen molar-refractivity contribution in [2.75, 3.05) is 17.4 Å². The zero-order valence-corrected chi connectivity index (χ0v) is 20.8. The van der Waals surface area contributed by atoms with Crippen LogP contribution in [-0.2, 0) is 14.3 Å². The van der Waals surface area contributed by atoms with E-state index in [2.05, 4.69) is 27.3 Å². The van der Waals surface area contributed by atoms with Crippen LogP contribution in [-0.4, -0.2) is 50.2 Å². The number of nitrogens with zero attached hydrogens (tertiary/aromatic N) is 4. The van der Waals surface area contributed by atoms with Gasteiger partial charge in [0.25, 0.3) is 0 Å². The molecular weight excluding hydrogens is 501 g/mol. The summed E-state index contributed by atoms with van der Waals surface area (Å²) in [6, 6.07) is 5.51. The highest BCUT2D eigenvalue weighted by Gasteiger charge is 2.30. The molecule has 0 radical (unpaired) electrons. The Hall–Kier alpha value is -3.96. The van der Waals surface area contributed by atoms with Gasteiger partial charge in [0.1, 0.15) is 23.5 Å². The van der Waals surface area contributed by atoms with Crippen LogP contribution in [0.2, 0.25) is 5.02 Å². The Labute approximate surface area is 216 Å². The number of carbonyl (C=O) groups is 2. The topological polar surface area (TPSA) is 127 Å². The summed E-state index contributed by atoms with van der Waals surface area (Å²) in [7, 11) is 0. The summed E-state index contributed by atoms with van der Waals surface area (Å²) in [5.74, 6) is -0.260. The Morgan fingerprint density at radius 2 is 2.19 bits per heavy atom. The second-order valence-corrected chi connectivity index (χ2v) is 9.46. The van der Waals surface area contributed by atoms with E-state index in [0.717, 1.165) is 12.8 Å². The molecule has 0 bridgehead atoms. The van der Waals surface area contributed by atoms with E-state index in [9.17, 15) is 14.0 Å². The Bertz CT molecular complexity index is 1450. The summed E-state index contributed by atoms with van der Waals surface area (Å²) in [4.78, 5) is 30.2. The first-order valence-corrected chi connectivity index (χ1v) is 12.1. The molecule has 37 heavy (non-hydrogen) atoms. The first kappa shape index (κ1) is 24.7. The molecule has 2 aliphatic rings. The number of benzene rings is 1. The smallest absolute Gasteiger partial charge is 0.324 e. The SMILES string of the molecule is C=C1/C(=C/c2cnn3c(NC4CC4)cc(Nc4cc(Cl)ccc4F)nc23)CC(=O)N1COC(=O)C(C)N. The summed E-state index contributed by atoms with van der Waals surface area (Å²) in [5, 5.41) is 11.3. The Balaban J connectivity index is 1.47. The van der Waals surface area contributed by atoms with Gasteiger partial charge < -0.3 is 21.1 Å². The van der Waals surface area contributed by atoms with Crippen LogP contribution in [0.3, 0.4) is 0 Å². The summed E-state index contributed by atoms with van der Waals surface area (Å²) >= 11 is 6.05. The van der Waals surface area contributed by atoms with Gasteiger partial charge in [0.2, 0.25) is 5.91 Å². The van der Waals surface area contributed by atoms with Gasteiger partial charge in [-0.1, -0.05) is 18.2 Å². The molecule has 1 unspecified atom stereocenters. The summed E-state index contributed by atoms with van der Waals surface area (Å²) < 4.78 is 21.1. The molecule has 5 rings (SSSR count). The first-order chi connectivity index (χ1) is 17.7. The number of allylic oxidation sites excluding steroid dienone is 1. The van der Waals surface area contributed by atoms with Crippen molar-refractivity contribution in [1.29, 1.82) is 0 Å². The lowest BCUT2D eigenvalue weighted by Crippen LogP contribution is -2.34. The maximum Gasteiger partial charge on any atom is 0.324 e.